The smallest absolute Gasteiger partial charge is 0.211 e. The van der Waals surface area contributed by atoms with Gasteiger partial charge < -0.3 is 0 Å². The highest BCUT2D eigenvalue weighted by Crippen LogP contribution is 2.16. The molecule has 0 heterocycles. The van der Waals surface area contributed by atoms with Gasteiger partial charge in [0.2, 0.25) is 12.2 Å². The molecule has 0 bridgehead atoms. The largest absolute Gasteiger partial charge is 0.235 e. The quantitative estimate of drug-likeness (QED) is 0.0896. The maximum Gasteiger partial charge on any atom is 0.235 e. The molecule has 0 aromatic heterocycles. The van der Waals surface area contributed by atoms with Crippen LogP contribution >= 0.6 is 0 Å². The van der Waals surface area contributed by atoms with Crippen molar-refractivity contribution in [2.75, 3.05) is 6.54 Å². The monoisotopic (exact) mass is 420 g/mol. The number of hydrogen-bond acceptors (Lipinski definition) is 4. The van der Waals surface area contributed by atoms with E-state index in [0.29, 0.717) is 6.54 Å². The van der Waals surface area contributed by atoms with Gasteiger partial charge >= 0.3 is 0 Å². The van der Waals surface area contributed by atoms with E-state index in [-0.39, 0.29) is 6.04 Å². The van der Waals surface area contributed by atoms with Crippen LogP contribution in [0.15, 0.2) is 9.98 Å². The van der Waals surface area contributed by atoms with Crippen LogP contribution in [0.2, 0.25) is 0 Å². The van der Waals surface area contributed by atoms with Crippen LogP contribution in [0.3, 0.4) is 0 Å². The lowest BCUT2D eigenvalue weighted by Crippen LogP contribution is -2.04. The summed E-state index contributed by atoms with van der Waals surface area (Å²) in [5, 5.41) is 0. The van der Waals surface area contributed by atoms with Gasteiger partial charge in [-0.05, 0) is 19.3 Å². The predicted molar refractivity (Wildman–Crippen MR) is 128 cm³/mol. The molecule has 0 amide bonds. The number of carbonyl (C=O) groups excluding carboxylic acids is 2. The molecule has 0 aliphatic heterocycles. The number of rotatable bonds is 24. The summed E-state index contributed by atoms with van der Waals surface area (Å²) in [6.45, 7) is 2.84. The fourth-order valence-corrected chi connectivity index (χ4v) is 4.07. The SMILES string of the molecule is CCCCCCCCCCCCCCCCCCC(CCCCCN=C=O)N=C=O. The normalized spacial score (nSPS) is 11.6. The second kappa shape index (κ2) is 25.8. The summed E-state index contributed by atoms with van der Waals surface area (Å²) in [4.78, 5) is 28.2. The minimum absolute atomic E-state index is 0.128. The maximum atomic E-state index is 10.6. The third-order valence-electron chi connectivity index (χ3n) is 6.00. The molecule has 0 N–H and O–H groups in total. The standard InChI is InChI=1S/C26H48N2O2/c1-2-3-4-5-6-7-8-9-10-11-12-13-14-15-16-18-21-26(28-25-30)22-19-17-20-23-27-24-29/h26H,2-23H2,1H3. The first-order chi connectivity index (χ1) is 14.8. The van der Waals surface area contributed by atoms with E-state index < -0.39 is 0 Å². The van der Waals surface area contributed by atoms with Crippen molar-refractivity contribution in [2.45, 2.75) is 148 Å². The second-order valence-electron chi connectivity index (χ2n) is 8.79. The summed E-state index contributed by atoms with van der Waals surface area (Å²) in [5.41, 5.74) is 0. The van der Waals surface area contributed by atoms with Crippen molar-refractivity contribution in [3.8, 4) is 0 Å². The average molecular weight is 421 g/mol. The fourth-order valence-electron chi connectivity index (χ4n) is 4.07. The van der Waals surface area contributed by atoms with Gasteiger partial charge in [0.15, 0.2) is 0 Å². The zero-order chi connectivity index (χ0) is 22.0. The molecule has 4 nitrogen and oxygen atoms in total. The molecule has 30 heavy (non-hydrogen) atoms. The van der Waals surface area contributed by atoms with Gasteiger partial charge in [-0.3, -0.25) is 0 Å². The summed E-state index contributed by atoms with van der Waals surface area (Å²) in [5.74, 6) is 0. The Balaban J connectivity index is 3.37. The van der Waals surface area contributed by atoms with Crippen molar-refractivity contribution < 1.29 is 9.59 Å². The van der Waals surface area contributed by atoms with Gasteiger partial charge in [-0.25, -0.2) is 19.6 Å². The van der Waals surface area contributed by atoms with Gasteiger partial charge in [0.1, 0.15) is 0 Å². The van der Waals surface area contributed by atoms with Crippen molar-refractivity contribution in [1.29, 1.82) is 0 Å². The molecule has 0 aromatic carbocycles. The van der Waals surface area contributed by atoms with Crippen LogP contribution in [0.5, 0.6) is 0 Å². The second-order valence-corrected chi connectivity index (χ2v) is 8.79. The molecule has 174 valence electrons. The number of hydrogen-bond donors (Lipinski definition) is 0. The predicted octanol–water partition coefficient (Wildman–Crippen LogP) is 8.24. The van der Waals surface area contributed by atoms with Crippen LogP contribution in [0, 0.1) is 0 Å². The summed E-state index contributed by atoms with van der Waals surface area (Å²) in [6.07, 6.45) is 30.2. The first-order valence-electron chi connectivity index (χ1n) is 13.0. The van der Waals surface area contributed by atoms with Crippen molar-refractivity contribution in [2.24, 2.45) is 9.98 Å². The molecular formula is C26H48N2O2. The van der Waals surface area contributed by atoms with Crippen LogP contribution in [0.1, 0.15) is 142 Å². The van der Waals surface area contributed by atoms with E-state index in [1.165, 1.54) is 96.3 Å². The molecule has 4 heteroatoms. The van der Waals surface area contributed by atoms with Gasteiger partial charge in [-0.2, -0.15) is 0 Å². The van der Waals surface area contributed by atoms with Gasteiger partial charge in [0.25, 0.3) is 0 Å². The summed E-state index contributed by atoms with van der Waals surface area (Å²) >= 11 is 0. The van der Waals surface area contributed by atoms with Crippen LogP contribution < -0.4 is 0 Å². The molecular weight excluding hydrogens is 372 g/mol. The molecule has 0 aromatic rings. The van der Waals surface area contributed by atoms with Crippen LogP contribution in [0.4, 0.5) is 0 Å². The van der Waals surface area contributed by atoms with Gasteiger partial charge in [-0.1, -0.05) is 122 Å². The highest BCUT2D eigenvalue weighted by Gasteiger charge is 2.06. The third kappa shape index (κ3) is 23.0. The highest BCUT2D eigenvalue weighted by molar-refractivity contribution is 5.33. The van der Waals surface area contributed by atoms with Crippen LogP contribution in [-0.2, 0) is 9.59 Å². The van der Waals surface area contributed by atoms with Gasteiger partial charge in [0, 0.05) is 0 Å². The topological polar surface area (TPSA) is 58.9 Å². The Hall–Kier alpha value is -1.24. The van der Waals surface area contributed by atoms with Crippen LogP contribution in [-0.4, -0.2) is 24.7 Å². The molecule has 0 rings (SSSR count). The molecule has 0 aliphatic carbocycles. The molecule has 1 atom stereocenters. The molecule has 0 spiro atoms. The first-order valence-corrected chi connectivity index (χ1v) is 13.0. The van der Waals surface area contributed by atoms with Crippen molar-refractivity contribution >= 4 is 12.2 Å². The fraction of sp³-hybridized carbons (Fsp3) is 0.923. The minimum atomic E-state index is 0.128. The summed E-state index contributed by atoms with van der Waals surface area (Å²) < 4.78 is 0. The van der Waals surface area contributed by atoms with E-state index in [1.54, 1.807) is 12.2 Å². The molecule has 0 aliphatic rings. The lowest BCUT2D eigenvalue weighted by Gasteiger charge is -2.10. The van der Waals surface area contributed by atoms with E-state index in [2.05, 4.69) is 16.9 Å². The van der Waals surface area contributed by atoms with E-state index >= 15 is 0 Å². The maximum absolute atomic E-state index is 10.6. The van der Waals surface area contributed by atoms with E-state index in [1.807, 2.05) is 0 Å². The third-order valence-corrected chi connectivity index (χ3v) is 6.00. The lowest BCUT2D eigenvalue weighted by molar-refractivity contribution is 0.481. The summed E-state index contributed by atoms with van der Waals surface area (Å²) in [6, 6.07) is 0.128. The Labute approximate surface area is 186 Å². The average Bonchev–Trinajstić information content (AvgIpc) is 2.75. The van der Waals surface area contributed by atoms with Crippen molar-refractivity contribution in [3.63, 3.8) is 0 Å². The first kappa shape index (κ1) is 28.8. The Morgan fingerprint density at radius 3 is 1.33 bits per heavy atom. The van der Waals surface area contributed by atoms with E-state index in [0.717, 1.165) is 38.5 Å². The van der Waals surface area contributed by atoms with E-state index in [4.69, 9.17) is 0 Å². The van der Waals surface area contributed by atoms with Gasteiger partial charge in [0.05, 0.1) is 12.6 Å². The Bertz CT molecular complexity index is 440. The van der Waals surface area contributed by atoms with Crippen molar-refractivity contribution in [3.05, 3.63) is 0 Å². The molecule has 1 unspecified atom stereocenters. The number of aliphatic imine (C=N–C) groups is 2. The van der Waals surface area contributed by atoms with Gasteiger partial charge in [-0.15, -0.1) is 0 Å². The minimum Gasteiger partial charge on any atom is -0.211 e. The number of nitrogens with zero attached hydrogens (tertiary/aromatic N) is 2. The zero-order valence-corrected chi connectivity index (χ0v) is 19.8. The lowest BCUT2D eigenvalue weighted by atomic mass is 10.0. The Kier molecular flexibility index (Phi) is 24.7. The molecule has 0 saturated carbocycles. The highest BCUT2D eigenvalue weighted by atomic mass is 16.1. The Morgan fingerprint density at radius 2 is 0.933 bits per heavy atom. The molecule has 0 fully saturated rings. The summed E-state index contributed by atoms with van der Waals surface area (Å²) in [7, 11) is 0. The number of unbranched alkanes of at least 4 members (excludes halogenated alkanes) is 17. The zero-order valence-electron chi connectivity index (χ0n) is 19.8. The molecule has 0 saturated heterocycles. The Morgan fingerprint density at radius 1 is 0.533 bits per heavy atom. The molecule has 0 radical (unpaired) electrons. The van der Waals surface area contributed by atoms with Crippen LogP contribution in [0.25, 0.3) is 0 Å². The van der Waals surface area contributed by atoms with Crippen molar-refractivity contribution in [1.82, 2.24) is 0 Å². The van der Waals surface area contributed by atoms with E-state index in [9.17, 15) is 9.59 Å². The number of isocyanates is 2.